The van der Waals surface area contributed by atoms with Crippen LogP contribution in [0.15, 0.2) is 24.3 Å². The normalized spacial score (nSPS) is 11.9. The van der Waals surface area contributed by atoms with E-state index in [0.717, 1.165) is 25.3 Å². The van der Waals surface area contributed by atoms with Crippen LogP contribution in [-0.4, -0.2) is 32.1 Å². The van der Waals surface area contributed by atoms with Gasteiger partial charge in [-0.05, 0) is 43.6 Å². The Kier molecular flexibility index (Phi) is 5.01. The molecule has 96 valence electrons. The van der Waals surface area contributed by atoms with Crippen LogP contribution in [0, 0.1) is 0 Å². The Hall–Kier alpha value is -1.02. The van der Waals surface area contributed by atoms with E-state index >= 15 is 0 Å². The Morgan fingerprint density at radius 3 is 2.47 bits per heavy atom. The smallest absolute Gasteiger partial charge is 0.119 e. The lowest BCUT2D eigenvalue weighted by atomic mass is 9.87. The molecule has 0 aliphatic carbocycles. The first-order chi connectivity index (χ1) is 7.89. The number of hydrogen-bond donors (Lipinski definition) is 0. The summed E-state index contributed by atoms with van der Waals surface area (Å²) in [5.74, 6) is 0.983. The summed E-state index contributed by atoms with van der Waals surface area (Å²) in [6.45, 7) is 8.51. The molecule has 0 saturated heterocycles. The molecule has 1 aromatic carbocycles. The summed E-state index contributed by atoms with van der Waals surface area (Å²) < 4.78 is 5.77. The molecule has 0 fully saturated rings. The standard InChI is InChI=1S/C15H25NO/c1-15(2,3)13-8-6-9-14(12-13)17-11-7-10-16(4)5/h6,8-9,12H,7,10-11H2,1-5H3. The third kappa shape index (κ3) is 5.22. The second kappa shape index (κ2) is 6.06. The second-order valence-corrected chi connectivity index (χ2v) is 5.78. The lowest BCUT2D eigenvalue weighted by molar-refractivity contribution is 0.281. The van der Waals surface area contributed by atoms with Crippen LogP contribution >= 0.6 is 0 Å². The predicted octanol–water partition coefficient (Wildman–Crippen LogP) is 3.31. The molecule has 17 heavy (non-hydrogen) atoms. The summed E-state index contributed by atoms with van der Waals surface area (Å²) in [7, 11) is 4.17. The number of rotatable bonds is 5. The molecule has 0 spiro atoms. The highest BCUT2D eigenvalue weighted by molar-refractivity contribution is 5.32. The molecule has 0 N–H and O–H groups in total. The van der Waals surface area contributed by atoms with Crippen LogP contribution in [0.2, 0.25) is 0 Å². The summed E-state index contributed by atoms with van der Waals surface area (Å²) in [5, 5.41) is 0. The fourth-order valence-electron chi connectivity index (χ4n) is 1.62. The minimum Gasteiger partial charge on any atom is -0.494 e. The van der Waals surface area contributed by atoms with Crippen molar-refractivity contribution in [3.05, 3.63) is 29.8 Å². The van der Waals surface area contributed by atoms with Crippen LogP contribution < -0.4 is 4.74 Å². The predicted molar refractivity (Wildman–Crippen MR) is 73.8 cm³/mol. The summed E-state index contributed by atoms with van der Waals surface area (Å²) in [6, 6.07) is 8.41. The molecular formula is C15H25NO. The Morgan fingerprint density at radius 2 is 1.88 bits per heavy atom. The van der Waals surface area contributed by atoms with Gasteiger partial charge in [-0.3, -0.25) is 0 Å². The minimum absolute atomic E-state index is 0.184. The van der Waals surface area contributed by atoms with Gasteiger partial charge >= 0.3 is 0 Å². The Bertz CT molecular complexity index is 339. The maximum atomic E-state index is 5.77. The highest BCUT2D eigenvalue weighted by Gasteiger charge is 2.13. The zero-order valence-corrected chi connectivity index (χ0v) is 11.8. The largest absolute Gasteiger partial charge is 0.494 e. The number of hydrogen-bond acceptors (Lipinski definition) is 2. The van der Waals surface area contributed by atoms with E-state index in [-0.39, 0.29) is 5.41 Å². The molecule has 0 aliphatic heterocycles. The summed E-state index contributed by atoms with van der Waals surface area (Å²) >= 11 is 0. The summed E-state index contributed by atoms with van der Waals surface area (Å²) in [6.07, 6.45) is 1.06. The van der Waals surface area contributed by atoms with E-state index in [2.05, 4.69) is 58.0 Å². The minimum atomic E-state index is 0.184. The molecule has 0 aliphatic rings. The van der Waals surface area contributed by atoms with Crippen molar-refractivity contribution in [3.63, 3.8) is 0 Å². The van der Waals surface area contributed by atoms with Gasteiger partial charge in [0.25, 0.3) is 0 Å². The summed E-state index contributed by atoms with van der Waals surface area (Å²) in [5.41, 5.74) is 1.51. The van der Waals surface area contributed by atoms with E-state index in [1.165, 1.54) is 5.56 Å². The van der Waals surface area contributed by atoms with Gasteiger partial charge in [0.15, 0.2) is 0 Å². The number of benzene rings is 1. The van der Waals surface area contributed by atoms with Crippen LogP contribution in [0.3, 0.4) is 0 Å². The quantitative estimate of drug-likeness (QED) is 0.726. The SMILES string of the molecule is CN(C)CCCOc1cccc(C(C)(C)C)c1. The van der Waals surface area contributed by atoms with Gasteiger partial charge in [0.2, 0.25) is 0 Å². The molecule has 0 bridgehead atoms. The van der Waals surface area contributed by atoms with E-state index in [4.69, 9.17) is 4.74 Å². The molecular weight excluding hydrogens is 210 g/mol. The molecule has 0 amide bonds. The molecule has 0 saturated carbocycles. The third-order valence-corrected chi connectivity index (χ3v) is 2.72. The number of nitrogens with zero attached hydrogens (tertiary/aromatic N) is 1. The van der Waals surface area contributed by atoms with Crippen LogP contribution in [-0.2, 0) is 5.41 Å². The first-order valence-corrected chi connectivity index (χ1v) is 6.27. The first kappa shape index (κ1) is 14.0. The Balaban J connectivity index is 2.49. The Labute approximate surface area is 106 Å². The van der Waals surface area contributed by atoms with Crippen LogP contribution in [0.1, 0.15) is 32.8 Å². The van der Waals surface area contributed by atoms with E-state index in [1.807, 2.05) is 6.07 Å². The fraction of sp³-hybridized carbons (Fsp3) is 0.600. The van der Waals surface area contributed by atoms with Crippen molar-refractivity contribution in [2.75, 3.05) is 27.2 Å². The van der Waals surface area contributed by atoms with Crippen LogP contribution in [0.4, 0.5) is 0 Å². The highest BCUT2D eigenvalue weighted by Crippen LogP contribution is 2.25. The Morgan fingerprint density at radius 1 is 1.18 bits per heavy atom. The van der Waals surface area contributed by atoms with Gasteiger partial charge in [0.05, 0.1) is 6.61 Å². The van der Waals surface area contributed by atoms with Crippen molar-refractivity contribution in [2.45, 2.75) is 32.6 Å². The maximum Gasteiger partial charge on any atom is 0.119 e. The molecule has 1 rings (SSSR count). The lowest BCUT2D eigenvalue weighted by Gasteiger charge is -2.20. The van der Waals surface area contributed by atoms with E-state index < -0.39 is 0 Å². The average molecular weight is 235 g/mol. The average Bonchev–Trinajstić information content (AvgIpc) is 2.23. The third-order valence-electron chi connectivity index (χ3n) is 2.72. The second-order valence-electron chi connectivity index (χ2n) is 5.78. The molecule has 2 heteroatoms. The molecule has 0 unspecified atom stereocenters. The van der Waals surface area contributed by atoms with Gasteiger partial charge in [0.1, 0.15) is 5.75 Å². The zero-order chi connectivity index (χ0) is 12.9. The molecule has 0 aromatic heterocycles. The first-order valence-electron chi connectivity index (χ1n) is 6.27. The van der Waals surface area contributed by atoms with Crippen LogP contribution in [0.25, 0.3) is 0 Å². The van der Waals surface area contributed by atoms with Crippen molar-refractivity contribution >= 4 is 0 Å². The molecule has 1 aromatic rings. The van der Waals surface area contributed by atoms with Gasteiger partial charge < -0.3 is 9.64 Å². The van der Waals surface area contributed by atoms with Crippen molar-refractivity contribution in [1.29, 1.82) is 0 Å². The van der Waals surface area contributed by atoms with E-state index in [9.17, 15) is 0 Å². The van der Waals surface area contributed by atoms with Crippen molar-refractivity contribution < 1.29 is 4.74 Å². The van der Waals surface area contributed by atoms with E-state index in [0.29, 0.717) is 0 Å². The van der Waals surface area contributed by atoms with Gasteiger partial charge in [-0.1, -0.05) is 32.9 Å². The van der Waals surface area contributed by atoms with Crippen molar-refractivity contribution in [3.8, 4) is 5.75 Å². The summed E-state index contributed by atoms with van der Waals surface area (Å²) in [4.78, 5) is 2.18. The highest BCUT2D eigenvalue weighted by atomic mass is 16.5. The van der Waals surface area contributed by atoms with Gasteiger partial charge in [-0.15, -0.1) is 0 Å². The zero-order valence-electron chi connectivity index (χ0n) is 11.8. The van der Waals surface area contributed by atoms with E-state index in [1.54, 1.807) is 0 Å². The molecule has 0 heterocycles. The number of ether oxygens (including phenoxy) is 1. The van der Waals surface area contributed by atoms with Crippen molar-refractivity contribution in [2.24, 2.45) is 0 Å². The van der Waals surface area contributed by atoms with Crippen molar-refractivity contribution in [1.82, 2.24) is 4.90 Å². The fourth-order valence-corrected chi connectivity index (χ4v) is 1.62. The van der Waals surface area contributed by atoms with Crippen LogP contribution in [0.5, 0.6) is 5.75 Å². The molecule has 2 nitrogen and oxygen atoms in total. The molecule has 0 radical (unpaired) electrons. The van der Waals surface area contributed by atoms with Gasteiger partial charge in [-0.25, -0.2) is 0 Å². The lowest BCUT2D eigenvalue weighted by Crippen LogP contribution is -2.15. The topological polar surface area (TPSA) is 12.5 Å². The monoisotopic (exact) mass is 235 g/mol. The van der Waals surface area contributed by atoms with Gasteiger partial charge in [-0.2, -0.15) is 0 Å². The molecule has 0 atom stereocenters. The maximum absolute atomic E-state index is 5.77. The van der Waals surface area contributed by atoms with Gasteiger partial charge in [0, 0.05) is 6.54 Å².